The van der Waals surface area contributed by atoms with Crippen molar-refractivity contribution in [3.05, 3.63) is 59.2 Å². The highest BCUT2D eigenvalue weighted by Crippen LogP contribution is 2.32. The van der Waals surface area contributed by atoms with Crippen molar-refractivity contribution in [1.29, 1.82) is 0 Å². The van der Waals surface area contributed by atoms with Gasteiger partial charge in [0.25, 0.3) is 0 Å². The fraction of sp³-hybridized carbons (Fsp3) is 0.417. The van der Waals surface area contributed by atoms with E-state index < -0.39 is 6.04 Å². The molecular weight excluding hydrogens is 380 g/mol. The van der Waals surface area contributed by atoms with Crippen LogP contribution in [0.3, 0.4) is 0 Å². The molecule has 160 valence electrons. The lowest BCUT2D eigenvalue weighted by molar-refractivity contribution is -0.140. The molecule has 0 spiro atoms. The van der Waals surface area contributed by atoms with Crippen LogP contribution in [-0.4, -0.2) is 35.6 Å². The van der Waals surface area contributed by atoms with Crippen molar-refractivity contribution in [2.45, 2.75) is 59.2 Å². The van der Waals surface area contributed by atoms with Gasteiger partial charge in [0.2, 0.25) is 18.6 Å². The van der Waals surface area contributed by atoms with E-state index in [0.717, 1.165) is 22.4 Å². The maximum atomic E-state index is 13.2. The summed E-state index contributed by atoms with van der Waals surface area (Å²) in [4.78, 5) is 27.5. The van der Waals surface area contributed by atoms with Crippen LogP contribution in [0.4, 0.5) is 0 Å². The van der Waals surface area contributed by atoms with Crippen molar-refractivity contribution >= 4 is 11.8 Å². The van der Waals surface area contributed by atoms with E-state index in [9.17, 15) is 9.59 Å². The summed E-state index contributed by atoms with van der Waals surface area (Å²) < 4.78 is 10.8. The van der Waals surface area contributed by atoms with Crippen LogP contribution in [0.2, 0.25) is 0 Å². The Hall–Kier alpha value is -3.02. The highest BCUT2D eigenvalue weighted by atomic mass is 16.7. The van der Waals surface area contributed by atoms with Gasteiger partial charge in [-0.25, -0.2) is 0 Å². The summed E-state index contributed by atoms with van der Waals surface area (Å²) in [5.74, 6) is 1.24. The standard InChI is InChI=1S/C24H30N2O4/c1-16(2)25-24(28)18(4)26(14-20-7-5-6-17(3)12-20)23(27)11-9-19-8-10-21-22(13-19)30-15-29-21/h5-8,10,12-13,16,18H,9,11,14-15H2,1-4H3,(H,25,28)/t18-/m1/s1. The summed E-state index contributed by atoms with van der Waals surface area (Å²) in [6, 6.07) is 13.2. The largest absolute Gasteiger partial charge is 0.454 e. The Labute approximate surface area is 178 Å². The average molecular weight is 411 g/mol. The Morgan fingerprint density at radius 3 is 2.53 bits per heavy atom. The van der Waals surface area contributed by atoms with Gasteiger partial charge in [-0.15, -0.1) is 0 Å². The molecule has 0 aliphatic carbocycles. The van der Waals surface area contributed by atoms with Crippen LogP contribution in [0.15, 0.2) is 42.5 Å². The van der Waals surface area contributed by atoms with E-state index in [1.165, 1.54) is 0 Å². The summed E-state index contributed by atoms with van der Waals surface area (Å²) in [7, 11) is 0. The van der Waals surface area contributed by atoms with E-state index in [1.807, 2.05) is 63.2 Å². The second-order valence-electron chi connectivity index (χ2n) is 8.04. The van der Waals surface area contributed by atoms with Crippen LogP contribution >= 0.6 is 0 Å². The third kappa shape index (κ3) is 5.53. The smallest absolute Gasteiger partial charge is 0.242 e. The molecule has 2 amide bonds. The SMILES string of the molecule is Cc1cccc(CN(C(=O)CCc2ccc3c(c2)OCO3)[C@H](C)C(=O)NC(C)C)c1. The maximum absolute atomic E-state index is 13.2. The van der Waals surface area contributed by atoms with Gasteiger partial charge in [-0.2, -0.15) is 0 Å². The number of hydrogen-bond donors (Lipinski definition) is 1. The fourth-order valence-electron chi connectivity index (χ4n) is 3.49. The van der Waals surface area contributed by atoms with Crippen LogP contribution in [-0.2, 0) is 22.6 Å². The van der Waals surface area contributed by atoms with Gasteiger partial charge in [0.1, 0.15) is 6.04 Å². The number of fused-ring (bicyclic) bond motifs is 1. The molecule has 0 saturated heterocycles. The zero-order valence-electron chi connectivity index (χ0n) is 18.1. The number of nitrogens with one attached hydrogen (secondary N) is 1. The predicted molar refractivity (Wildman–Crippen MR) is 115 cm³/mol. The first-order chi connectivity index (χ1) is 14.3. The van der Waals surface area contributed by atoms with E-state index in [0.29, 0.717) is 25.1 Å². The monoisotopic (exact) mass is 410 g/mol. The molecule has 30 heavy (non-hydrogen) atoms. The Balaban J connectivity index is 1.72. The van der Waals surface area contributed by atoms with Gasteiger partial charge in [-0.05, 0) is 57.4 Å². The highest BCUT2D eigenvalue weighted by Gasteiger charge is 2.26. The normalized spacial score (nSPS) is 13.2. The number of carbonyl (C=O) groups excluding carboxylic acids is 2. The first kappa shape index (κ1) is 21.7. The zero-order valence-corrected chi connectivity index (χ0v) is 18.1. The number of nitrogens with zero attached hydrogens (tertiary/aromatic N) is 1. The molecular formula is C24H30N2O4. The Morgan fingerprint density at radius 2 is 1.80 bits per heavy atom. The molecule has 6 heteroatoms. The third-order valence-corrected chi connectivity index (χ3v) is 5.10. The first-order valence-corrected chi connectivity index (χ1v) is 10.4. The summed E-state index contributed by atoms with van der Waals surface area (Å²) in [6.45, 7) is 8.25. The van der Waals surface area contributed by atoms with Crippen LogP contribution in [0.1, 0.15) is 43.9 Å². The minimum Gasteiger partial charge on any atom is -0.454 e. The molecule has 1 aliphatic rings. The second-order valence-corrected chi connectivity index (χ2v) is 8.04. The topological polar surface area (TPSA) is 67.9 Å². The minimum atomic E-state index is -0.558. The van der Waals surface area contributed by atoms with Gasteiger partial charge in [0.05, 0.1) is 0 Å². The predicted octanol–water partition coefficient (Wildman–Crippen LogP) is 3.60. The molecule has 2 aromatic rings. The molecule has 6 nitrogen and oxygen atoms in total. The van der Waals surface area contributed by atoms with E-state index in [2.05, 4.69) is 5.32 Å². The molecule has 0 fully saturated rings. The lowest BCUT2D eigenvalue weighted by Crippen LogP contribution is -2.49. The number of amides is 2. The van der Waals surface area contributed by atoms with Crippen molar-refractivity contribution in [2.75, 3.05) is 6.79 Å². The van der Waals surface area contributed by atoms with Crippen molar-refractivity contribution in [1.82, 2.24) is 10.2 Å². The summed E-state index contributed by atoms with van der Waals surface area (Å²) in [6.07, 6.45) is 0.878. The molecule has 0 saturated carbocycles. The highest BCUT2D eigenvalue weighted by molar-refractivity contribution is 5.87. The molecule has 0 aromatic heterocycles. The quantitative estimate of drug-likeness (QED) is 0.722. The Morgan fingerprint density at radius 1 is 1.03 bits per heavy atom. The molecule has 2 aromatic carbocycles. The molecule has 0 unspecified atom stereocenters. The number of rotatable bonds is 8. The van der Waals surface area contributed by atoms with Crippen molar-refractivity contribution in [3.8, 4) is 11.5 Å². The maximum Gasteiger partial charge on any atom is 0.242 e. The number of aryl methyl sites for hydroxylation is 2. The number of benzene rings is 2. The summed E-state index contributed by atoms with van der Waals surface area (Å²) >= 11 is 0. The lowest BCUT2D eigenvalue weighted by atomic mass is 10.1. The number of hydrogen-bond acceptors (Lipinski definition) is 4. The van der Waals surface area contributed by atoms with Crippen molar-refractivity contribution < 1.29 is 19.1 Å². The van der Waals surface area contributed by atoms with Crippen molar-refractivity contribution in [3.63, 3.8) is 0 Å². The van der Waals surface area contributed by atoms with Gasteiger partial charge in [-0.1, -0.05) is 35.9 Å². The lowest BCUT2D eigenvalue weighted by Gasteiger charge is -2.29. The van der Waals surface area contributed by atoms with Crippen LogP contribution in [0, 0.1) is 6.92 Å². The van der Waals surface area contributed by atoms with E-state index in [1.54, 1.807) is 11.8 Å². The van der Waals surface area contributed by atoms with E-state index >= 15 is 0 Å². The number of carbonyl (C=O) groups is 2. The number of ether oxygens (including phenoxy) is 2. The van der Waals surface area contributed by atoms with Gasteiger partial charge < -0.3 is 19.7 Å². The van der Waals surface area contributed by atoms with Crippen molar-refractivity contribution in [2.24, 2.45) is 0 Å². The summed E-state index contributed by atoms with van der Waals surface area (Å²) in [5, 5.41) is 2.91. The average Bonchev–Trinajstić information content (AvgIpc) is 3.17. The van der Waals surface area contributed by atoms with Gasteiger partial charge in [0, 0.05) is 19.0 Å². The minimum absolute atomic E-state index is 0.0181. The van der Waals surface area contributed by atoms with Crippen LogP contribution < -0.4 is 14.8 Å². The molecule has 1 heterocycles. The molecule has 3 rings (SSSR count). The Bertz CT molecular complexity index is 910. The molecule has 1 N–H and O–H groups in total. The summed E-state index contributed by atoms with van der Waals surface area (Å²) in [5.41, 5.74) is 3.14. The van der Waals surface area contributed by atoms with Gasteiger partial charge in [0.15, 0.2) is 11.5 Å². The van der Waals surface area contributed by atoms with Crippen LogP contribution in [0.25, 0.3) is 0 Å². The molecule has 0 radical (unpaired) electrons. The third-order valence-electron chi connectivity index (χ3n) is 5.10. The molecule has 1 atom stereocenters. The molecule has 0 bridgehead atoms. The zero-order chi connectivity index (χ0) is 21.7. The fourth-order valence-corrected chi connectivity index (χ4v) is 3.49. The van der Waals surface area contributed by atoms with E-state index in [4.69, 9.17) is 9.47 Å². The first-order valence-electron chi connectivity index (χ1n) is 10.4. The van der Waals surface area contributed by atoms with E-state index in [-0.39, 0.29) is 24.6 Å². The second kappa shape index (κ2) is 9.65. The molecule has 1 aliphatic heterocycles. The van der Waals surface area contributed by atoms with Gasteiger partial charge >= 0.3 is 0 Å². The van der Waals surface area contributed by atoms with Gasteiger partial charge in [-0.3, -0.25) is 9.59 Å². The Kier molecular flexibility index (Phi) is 6.98. The van der Waals surface area contributed by atoms with Crippen LogP contribution in [0.5, 0.6) is 11.5 Å².